The van der Waals surface area contributed by atoms with Crippen LogP contribution in [0.1, 0.15) is 40.5 Å². The highest BCUT2D eigenvalue weighted by atomic mass is 16.5. The van der Waals surface area contributed by atoms with Crippen LogP contribution in [0.4, 0.5) is 0 Å². The summed E-state index contributed by atoms with van der Waals surface area (Å²) < 4.78 is 5.05. The summed E-state index contributed by atoms with van der Waals surface area (Å²) in [5, 5.41) is 9.33. The molecule has 0 radical (unpaired) electrons. The number of hydrogen-bond donors (Lipinski definition) is 1. The Morgan fingerprint density at radius 2 is 1.85 bits per heavy atom. The molecule has 2 heteroatoms. The molecule has 0 bridgehead atoms. The van der Waals surface area contributed by atoms with E-state index in [2.05, 4.69) is 20.8 Å². The van der Waals surface area contributed by atoms with Crippen molar-refractivity contribution in [2.75, 3.05) is 13.7 Å². The van der Waals surface area contributed by atoms with Crippen LogP contribution in [-0.2, 0) is 4.74 Å². The van der Waals surface area contributed by atoms with Gasteiger partial charge in [-0.3, -0.25) is 0 Å². The summed E-state index contributed by atoms with van der Waals surface area (Å²) in [6, 6.07) is 0. The van der Waals surface area contributed by atoms with Gasteiger partial charge in [-0.1, -0.05) is 20.8 Å². The van der Waals surface area contributed by atoms with Crippen molar-refractivity contribution in [1.82, 2.24) is 0 Å². The van der Waals surface area contributed by atoms with Gasteiger partial charge in [0.25, 0.3) is 0 Å². The molecule has 13 heavy (non-hydrogen) atoms. The first-order valence-corrected chi connectivity index (χ1v) is 5.07. The molecule has 0 aliphatic rings. The summed E-state index contributed by atoms with van der Waals surface area (Å²) in [5.74, 6) is 0.585. The van der Waals surface area contributed by atoms with Gasteiger partial charge in [-0.25, -0.2) is 0 Å². The van der Waals surface area contributed by atoms with E-state index in [1.54, 1.807) is 7.11 Å². The molecule has 0 heterocycles. The molecule has 80 valence electrons. The van der Waals surface area contributed by atoms with Gasteiger partial charge in [0.15, 0.2) is 0 Å². The van der Waals surface area contributed by atoms with Crippen molar-refractivity contribution >= 4 is 0 Å². The molecule has 0 spiro atoms. The third-order valence-electron chi connectivity index (χ3n) is 2.91. The van der Waals surface area contributed by atoms with E-state index < -0.39 is 0 Å². The molecular weight excluding hydrogens is 164 g/mol. The summed E-state index contributed by atoms with van der Waals surface area (Å²) >= 11 is 0. The quantitative estimate of drug-likeness (QED) is 0.694. The highest BCUT2D eigenvalue weighted by molar-refractivity contribution is 4.77. The second-order valence-electron chi connectivity index (χ2n) is 4.72. The van der Waals surface area contributed by atoms with Gasteiger partial charge in [0.05, 0.1) is 6.10 Å². The van der Waals surface area contributed by atoms with E-state index in [0.717, 1.165) is 19.4 Å². The third-order valence-corrected chi connectivity index (χ3v) is 2.91. The first-order chi connectivity index (χ1) is 5.90. The Kier molecular flexibility index (Phi) is 5.57. The molecule has 0 saturated heterocycles. The Balaban J connectivity index is 3.94. The highest BCUT2D eigenvalue weighted by Crippen LogP contribution is 2.33. The average Bonchev–Trinajstić information content (AvgIpc) is 1.97. The Morgan fingerprint density at radius 3 is 2.23 bits per heavy atom. The maximum Gasteiger partial charge on any atom is 0.0517 e. The largest absolute Gasteiger partial charge is 0.393 e. The summed E-state index contributed by atoms with van der Waals surface area (Å²) in [6.45, 7) is 9.30. The number of rotatable bonds is 6. The Morgan fingerprint density at radius 1 is 1.31 bits per heavy atom. The summed E-state index contributed by atoms with van der Waals surface area (Å²) in [4.78, 5) is 0. The van der Waals surface area contributed by atoms with Gasteiger partial charge < -0.3 is 9.84 Å². The molecule has 0 aliphatic carbocycles. The molecule has 2 nitrogen and oxygen atoms in total. The maximum absolute atomic E-state index is 9.33. The Labute approximate surface area is 82.3 Å². The van der Waals surface area contributed by atoms with Crippen LogP contribution in [0, 0.1) is 11.3 Å². The Hall–Kier alpha value is -0.0800. The molecule has 0 aromatic carbocycles. The molecule has 0 aromatic rings. The number of aliphatic hydroxyl groups excluding tert-OH is 1. The van der Waals surface area contributed by atoms with Gasteiger partial charge in [-0.05, 0) is 31.1 Å². The number of aliphatic hydroxyl groups is 1. The lowest BCUT2D eigenvalue weighted by atomic mass is 9.74. The van der Waals surface area contributed by atoms with Crippen molar-refractivity contribution in [2.45, 2.75) is 46.6 Å². The van der Waals surface area contributed by atoms with Crippen molar-refractivity contribution in [3.05, 3.63) is 0 Å². The molecule has 0 amide bonds. The van der Waals surface area contributed by atoms with Crippen LogP contribution in [0.2, 0.25) is 0 Å². The number of ether oxygens (including phenoxy) is 1. The van der Waals surface area contributed by atoms with E-state index >= 15 is 0 Å². The minimum Gasteiger partial charge on any atom is -0.393 e. The van der Waals surface area contributed by atoms with E-state index in [-0.39, 0.29) is 11.5 Å². The van der Waals surface area contributed by atoms with Gasteiger partial charge >= 0.3 is 0 Å². The van der Waals surface area contributed by atoms with Crippen LogP contribution in [0.25, 0.3) is 0 Å². The fourth-order valence-corrected chi connectivity index (χ4v) is 1.65. The topological polar surface area (TPSA) is 29.5 Å². The van der Waals surface area contributed by atoms with Crippen LogP contribution < -0.4 is 0 Å². The number of hydrogen-bond acceptors (Lipinski definition) is 2. The fraction of sp³-hybridized carbons (Fsp3) is 1.00. The maximum atomic E-state index is 9.33. The lowest BCUT2D eigenvalue weighted by Crippen LogP contribution is -2.26. The minimum absolute atomic E-state index is 0.201. The monoisotopic (exact) mass is 188 g/mol. The van der Waals surface area contributed by atoms with Crippen molar-refractivity contribution in [2.24, 2.45) is 11.3 Å². The van der Waals surface area contributed by atoms with Gasteiger partial charge in [-0.15, -0.1) is 0 Å². The zero-order chi connectivity index (χ0) is 10.5. The average molecular weight is 188 g/mol. The van der Waals surface area contributed by atoms with Crippen molar-refractivity contribution in [3.8, 4) is 0 Å². The van der Waals surface area contributed by atoms with E-state index in [1.807, 2.05) is 6.92 Å². The molecule has 0 saturated carbocycles. The molecule has 0 fully saturated rings. The summed E-state index contributed by atoms with van der Waals surface area (Å²) in [7, 11) is 1.73. The molecular formula is C11H24O2. The van der Waals surface area contributed by atoms with Gasteiger partial charge in [0.2, 0.25) is 0 Å². The van der Waals surface area contributed by atoms with Gasteiger partial charge in [0, 0.05) is 13.7 Å². The predicted molar refractivity (Wildman–Crippen MR) is 55.7 cm³/mol. The smallest absolute Gasteiger partial charge is 0.0517 e. The molecule has 0 aromatic heterocycles. The second kappa shape index (κ2) is 5.61. The molecule has 2 atom stereocenters. The van der Waals surface area contributed by atoms with Gasteiger partial charge in [0.1, 0.15) is 0 Å². The standard InChI is InChI=1S/C11H24O2/c1-9(6-7-13-5)11(3,4)8-10(2)12/h9-10,12H,6-8H2,1-5H3. The minimum atomic E-state index is -0.208. The predicted octanol–water partition coefficient (Wildman–Crippen LogP) is 2.46. The molecule has 0 aliphatic heterocycles. The van der Waals surface area contributed by atoms with Crippen molar-refractivity contribution < 1.29 is 9.84 Å². The lowest BCUT2D eigenvalue weighted by Gasteiger charge is -2.33. The number of methoxy groups -OCH3 is 1. The normalized spacial score (nSPS) is 17.1. The lowest BCUT2D eigenvalue weighted by molar-refractivity contribution is 0.0772. The highest BCUT2D eigenvalue weighted by Gasteiger charge is 2.26. The zero-order valence-corrected chi connectivity index (χ0v) is 9.63. The van der Waals surface area contributed by atoms with Crippen molar-refractivity contribution in [1.29, 1.82) is 0 Å². The first-order valence-electron chi connectivity index (χ1n) is 5.07. The van der Waals surface area contributed by atoms with Crippen LogP contribution in [0.15, 0.2) is 0 Å². The van der Waals surface area contributed by atoms with E-state index in [1.165, 1.54) is 0 Å². The first kappa shape index (κ1) is 12.9. The molecule has 1 N–H and O–H groups in total. The van der Waals surface area contributed by atoms with Crippen LogP contribution >= 0.6 is 0 Å². The zero-order valence-electron chi connectivity index (χ0n) is 9.63. The molecule has 2 unspecified atom stereocenters. The van der Waals surface area contributed by atoms with Gasteiger partial charge in [-0.2, -0.15) is 0 Å². The van der Waals surface area contributed by atoms with Crippen molar-refractivity contribution in [3.63, 3.8) is 0 Å². The SMILES string of the molecule is COCCC(C)C(C)(C)CC(C)O. The molecule has 0 rings (SSSR count). The summed E-state index contributed by atoms with van der Waals surface area (Å²) in [5.41, 5.74) is 0.201. The van der Waals surface area contributed by atoms with Crippen LogP contribution in [-0.4, -0.2) is 24.9 Å². The Bertz CT molecular complexity index is 130. The fourth-order valence-electron chi connectivity index (χ4n) is 1.65. The summed E-state index contributed by atoms with van der Waals surface area (Å²) in [6.07, 6.45) is 1.72. The van der Waals surface area contributed by atoms with E-state index in [4.69, 9.17) is 4.74 Å². The van der Waals surface area contributed by atoms with Crippen LogP contribution in [0.3, 0.4) is 0 Å². The third kappa shape index (κ3) is 5.27. The van der Waals surface area contributed by atoms with Crippen LogP contribution in [0.5, 0.6) is 0 Å². The van der Waals surface area contributed by atoms with E-state index in [9.17, 15) is 5.11 Å². The van der Waals surface area contributed by atoms with E-state index in [0.29, 0.717) is 5.92 Å². The second-order valence-corrected chi connectivity index (χ2v) is 4.72.